The SMILES string of the molecule is CCOc1ccc(/C=C/C(=O)CCCn2c(C)cc3ccccc32)cc1OC. The number of nitrogens with zero attached hydrogens (tertiary/aromatic N) is 1. The fourth-order valence-corrected chi connectivity index (χ4v) is 3.39. The summed E-state index contributed by atoms with van der Waals surface area (Å²) in [5.74, 6) is 1.51. The summed E-state index contributed by atoms with van der Waals surface area (Å²) in [6.07, 6.45) is 4.82. The lowest BCUT2D eigenvalue weighted by Crippen LogP contribution is -2.02. The average molecular weight is 377 g/mol. The van der Waals surface area contributed by atoms with Crippen LogP contribution in [-0.2, 0) is 11.3 Å². The quantitative estimate of drug-likeness (QED) is 0.468. The summed E-state index contributed by atoms with van der Waals surface area (Å²) in [5.41, 5.74) is 3.37. The van der Waals surface area contributed by atoms with E-state index in [0.717, 1.165) is 18.5 Å². The summed E-state index contributed by atoms with van der Waals surface area (Å²) in [5, 5.41) is 1.25. The van der Waals surface area contributed by atoms with E-state index < -0.39 is 0 Å². The maximum atomic E-state index is 12.3. The van der Waals surface area contributed by atoms with Crippen molar-refractivity contribution >= 4 is 22.8 Å². The molecule has 3 rings (SSSR count). The van der Waals surface area contributed by atoms with Gasteiger partial charge in [-0.05, 0) is 61.6 Å². The highest BCUT2D eigenvalue weighted by atomic mass is 16.5. The lowest BCUT2D eigenvalue weighted by molar-refractivity contribution is -0.114. The number of benzene rings is 2. The van der Waals surface area contributed by atoms with Crippen LogP contribution in [0.3, 0.4) is 0 Å². The van der Waals surface area contributed by atoms with Crippen LogP contribution in [0.1, 0.15) is 31.0 Å². The number of hydrogen-bond donors (Lipinski definition) is 0. The van der Waals surface area contributed by atoms with E-state index in [9.17, 15) is 4.79 Å². The zero-order valence-corrected chi connectivity index (χ0v) is 16.8. The van der Waals surface area contributed by atoms with Crippen molar-refractivity contribution in [2.45, 2.75) is 33.2 Å². The van der Waals surface area contributed by atoms with E-state index in [2.05, 4.69) is 41.8 Å². The molecule has 2 aromatic carbocycles. The number of aromatic nitrogens is 1. The third-order valence-corrected chi connectivity index (χ3v) is 4.77. The molecular weight excluding hydrogens is 350 g/mol. The van der Waals surface area contributed by atoms with Gasteiger partial charge in [-0.25, -0.2) is 0 Å². The maximum Gasteiger partial charge on any atom is 0.161 e. The fraction of sp³-hybridized carbons (Fsp3) is 0.292. The number of methoxy groups -OCH3 is 1. The van der Waals surface area contributed by atoms with Crippen molar-refractivity contribution in [1.29, 1.82) is 0 Å². The summed E-state index contributed by atoms with van der Waals surface area (Å²) >= 11 is 0. The molecule has 0 radical (unpaired) electrons. The number of carbonyl (C=O) groups excluding carboxylic acids is 1. The molecule has 4 heteroatoms. The molecule has 0 bridgehead atoms. The number of carbonyl (C=O) groups is 1. The third kappa shape index (κ3) is 4.63. The largest absolute Gasteiger partial charge is 0.493 e. The Morgan fingerprint density at radius 1 is 1.11 bits per heavy atom. The van der Waals surface area contributed by atoms with Crippen molar-refractivity contribution in [3.63, 3.8) is 0 Å². The van der Waals surface area contributed by atoms with Crippen LogP contribution < -0.4 is 9.47 Å². The molecule has 3 aromatic rings. The Morgan fingerprint density at radius 3 is 2.71 bits per heavy atom. The fourth-order valence-electron chi connectivity index (χ4n) is 3.39. The van der Waals surface area contributed by atoms with Crippen molar-refractivity contribution in [2.75, 3.05) is 13.7 Å². The molecule has 1 aromatic heterocycles. The first kappa shape index (κ1) is 19.7. The smallest absolute Gasteiger partial charge is 0.161 e. The van der Waals surface area contributed by atoms with Gasteiger partial charge in [-0.2, -0.15) is 0 Å². The number of hydrogen-bond acceptors (Lipinski definition) is 3. The molecule has 1 heterocycles. The third-order valence-electron chi connectivity index (χ3n) is 4.77. The van der Waals surface area contributed by atoms with Gasteiger partial charge in [0.2, 0.25) is 0 Å². The van der Waals surface area contributed by atoms with Gasteiger partial charge in [0.15, 0.2) is 17.3 Å². The Balaban J connectivity index is 1.57. The van der Waals surface area contributed by atoms with Gasteiger partial charge in [0.05, 0.1) is 13.7 Å². The molecule has 0 saturated heterocycles. The lowest BCUT2D eigenvalue weighted by atomic mass is 10.1. The van der Waals surface area contributed by atoms with Crippen LogP contribution in [0.25, 0.3) is 17.0 Å². The number of allylic oxidation sites excluding steroid dienone is 1. The first-order chi connectivity index (χ1) is 13.6. The zero-order chi connectivity index (χ0) is 19.9. The Morgan fingerprint density at radius 2 is 1.93 bits per heavy atom. The maximum absolute atomic E-state index is 12.3. The van der Waals surface area contributed by atoms with Gasteiger partial charge < -0.3 is 14.0 Å². The molecular formula is C24H27NO3. The van der Waals surface area contributed by atoms with Gasteiger partial charge in [0, 0.05) is 24.2 Å². The predicted molar refractivity (Wildman–Crippen MR) is 114 cm³/mol. The number of rotatable bonds is 9. The Kier molecular flexibility index (Phi) is 6.53. The lowest BCUT2D eigenvalue weighted by Gasteiger charge is -2.09. The van der Waals surface area contributed by atoms with Crippen molar-refractivity contribution < 1.29 is 14.3 Å². The van der Waals surface area contributed by atoms with E-state index in [1.165, 1.54) is 16.6 Å². The second kappa shape index (κ2) is 9.27. The van der Waals surface area contributed by atoms with E-state index in [-0.39, 0.29) is 5.78 Å². The Hall–Kier alpha value is -3.01. The highest BCUT2D eigenvalue weighted by Crippen LogP contribution is 2.28. The van der Waals surface area contributed by atoms with Crippen molar-refractivity contribution in [3.05, 3.63) is 65.9 Å². The number of aryl methyl sites for hydroxylation is 2. The minimum Gasteiger partial charge on any atom is -0.493 e. The summed E-state index contributed by atoms with van der Waals surface area (Å²) in [7, 11) is 1.61. The minimum absolute atomic E-state index is 0.127. The van der Waals surface area contributed by atoms with Crippen LogP contribution in [0.4, 0.5) is 0 Å². The molecule has 0 saturated carbocycles. The molecule has 0 spiro atoms. The molecule has 0 fully saturated rings. The molecule has 4 nitrogen and oxygen atoms in total. The standard InChI is InChI=1S/C24H27NO3/c1-4-28-23-14-12-19(17-24(23)27-3)11-13-21(26)9-7-15-25-18(2)16-20-8-5-6-10-22(20)25/h5-6,8,10-14,16-17H,4,7,9,15H2,1-3H3/b13-11+. The van der Waals surface area contributed by atoms with Crippen LogP contribution in [0.2, 0.25) is 0 Å². The number of ether oxygens (including phenoxy) is 2. The molecule has 0 aliphatic carbocycles. The summed E-state index contributed by atoms with van der Waals surface area (Å²) in [6.45, 7) is 5.47. The molecule has 0 unspecified atom stereocenters. The van der Waals surface area contributed by atoms with Crippen LogP contribution in [-0.4, -0.2) is 24.1 Å². The van der Waals surface area contributed by atoms with Gasteiger partial charge in [-0.3, -0.25) is 4.79 Å². The average Bonchev–Trinajstić information content (AvgIpc) is 3.02. The number of ketones is 1. The van der Waals surface area contributed by atoms with Gasteiger partial charge >= 0.3 is 0 Å². The molecule has 0 N–H and O–H groups in total. The second-order valence-corrected chi connectivity index (χ2v) is 6.74. The molecule has 146 valence electrons. The summed E-state index contributed by atoms with van der Waals surface area (Å²) in [6, 6.07) is 16.2. The second-order valence-electron chi connectivity index (χ2n) is 6.74. The first-order valence-electron chi connectivity index (χ1n) is 9.69. The van der Waals surface area contributed by atoms with Crippen LogP contribution >= 0.6 is 0 Å². The van der Waals surface area contributed by atoms with Gasteiger partial charge in [0.25, 0.3) is 0 Å². The minimum atomic E-state index is 0.127. The highest BCUT2D eigenvalue weighted by molar-refractivity contribution is 5.93. The highest BCUT2D eigenvalue weighted by Gasteiger charge is 2.06. The van der Waals surface area contributed by atoms with Crippen LogP contribution in [0, 0.1) is 6.92 Å². The predicted octanol–water partition coefficient (Wildman–Crippen LogP) is 5.42. The molecule has 0 atom stereocenters. The monoisotopic (exact) mass is 377 g/mol. The van der Waals surface area contributed by atoms with E-state index in [1.54, 1.807) is 13.2 Å². The van der Waals surface area contributed by atoms with Gasteiger partial charge in [-0.15, -0.1) is 0 Å². The molecule has 28 heavy (non-hydrogen) atoms. The summed E-state index contributed by atoms with van der Waals surface area (Å²) in [4.78, 5) is 12.3. The molecule has 0 aliphatic heterocycles. The number of fused-ring (bicyclic) bond motifs is 1. The van der Waals surface area contributed by atoms with Gasteiger partial charge in [-0.1, -0.05) is 30.3 Å². The molecule has 0 amide bonds. The topological polar surface area (TPSA) is 40.5 Å². The van der Waals surface area contributed by atoms with Crippen molar-refractivity contribution in [2.24, 2.45) is 0 Å². The Bertz CT molecular complexity index is 985. The van der Waals surface area contributed by atoms with E-state index in [4.69, 9.17) is 9.47 Å². The zero-order valence-electron chi connectivity index (χ0n) is 16.8. The van der Waals surface area contributed by atoms with E-state index in [0.29, 0.717) is 24.5 Å². The molecule has 0 aliphatic rings. The number of para-hydroxylation sites is 1. The first-order valence-corrected chi connectivity index (χ1v) is 9.69. The van der Waals surface area contributed by atoms with Crippen molar-refractivity contribution in [3.8, 4) is 11.5 Å². The van der Waals surface area contributed by atoms with Gasteiger partial charge in [0.1, 0.15) is 0 Å². The normalized spacial score (nSPS) is 11.2. The van der Waals surface area contributed by atoms with Crippen LogP contribution in [0.15, 0.2) is 54.6 Å². The van der Waals surface area contributed by atoms with Crippen LogP contribution in [0.5, 0.6) is 11.5 Å². The van der Waals surface area contributed by atoms with E-state index in [1.807, 2.05) is 31.2 Å². The van der Waals surface area contributed by atoms with E-state index >= 15 is 0 Å². The summed E-state index contributed by atoms with van der Waals surface area (Å²) < 4.78 is 13.2. The Labute approximate surface area is 166 Å². The van der Waals surface area contributed by atoms with Crippen molar-refractivity contribution in [1.82, 2.24) is 4.57 Å².